The predicted molar refractivity (Wildman–Crippen MR) is 138 cm³/mol. The lowest BCUT2D eigenvalue weighted by Crippen LogP contribution is -2.37. The number of hydrogen-bond acceptors (Lipinski definition) is 4. The van der Waals surface area contributed by atoms with Crippen LogP contribution in [-0.4, -0.2) is 40.4 Å². The normalized spacial score (nSPS) is 11.1. The van der Waals surface area contributed by atoms with Crippen LogP contribution < -0.4 is 15.4 Å². The number of aromatic nitrogens is 3. The van der Waals surface area contributed by atoms with Crippen molar-refractivity contribution in [2.75, 3.05) is 19.7 Å². The van der Waals surface area contributed by atoms with Crippen LogP contribution >= 0.6 is 24.0 Å². The van der Waals surface area contributed by atoms with Crippen LogP contribution in [0.2, 0.25) is 0 Å². The summed E-state index contributed by atoms with van der Waals surface area (Å²) in [5.41, 5.74) is 2.34. The number of nitrogens with one attached hydrogen (secondary N) is 2. The topological polar surface area (TPSA) is 76.4 Å². The fraction of sp³-hybridized carbons (Fsp3) is 0.609. The third-order valence-corrected chi connectivity index (χ3v) is 4.83. The van der Waals surface area contributed by atoms with E-state index in [1.165, 1.54) is 24.8 Å². The van der Waals surface area contributed by atoms with Crippen molar-refractivity contribution in [2.45, 2.75) is 72.4 Å². The highest BCUT2D eigenvalue weighted by atomic mass is 127. The molecule has 2 aromatic rings. The number of aliphatic imine (C=N–C) groups is 1. The van der Waals surface area contributed by atoms with E-state index in [4.69, 9.17) is 9.73 Å². The zero-order valence-corrected chi connectivity index (χ0v) is 21.6. The molecule has 2 N–H and O–H groups in total. The van der Waals surface area contributed by atoms with E-state index < -0.39 is 0 Å². The minimum Gasteiger partial charge on any atom is -0.493 e. The summed E-state index contributed by atoms with van der Waals surface area (Å²) in [6, 6.07) is 6.37. The molecule has 7 nitrogen and oxygen atoms in total. The Kier molecular flexibility index (Phi) is 14.7. The van der Waals surface area contributed by atoms with Gasteiger partial charge in [0.25, 0.3) is 0 Å². The van der Waals surface area contributed by atoms with Gasteiger partial charge in [0.1, 0.15) is 18.4 Å². The first kappa shape index (κ1) is 27.2. The van der Waals surface area contributed by atoms with Gasteiger partial charge < -0.3 is 19.9 Å². The molecule has 0 aliphatic rings. The van der Waals surface area contributed by atoms with Crippen LogP contribution in [0.3, 0.4) is 0 Å². The van der Waals surface area contributed by atoms with Gasteiger partial charge in [0, 0.05) is 25.2 Å². The Morgan fingerprint density at radius 2 is 1.84 bits per heavy atom. The van der Waals surface area contributed by atoms with Crippen LogP contribution in [-0.2, 0) is 13.1 Å². The van der Waals surface area contributed by atoms with Crippen LogP contribution in [0.15, 0.2) is 35.8 Å². The van der Waals surface area contributed by atoms with Crippen molar-refractivity contribution < 1.29 is 4.74 Å². The summed E-state index contributed by atoms with van der Waals surface area (Å²) < 4.78 is 8.08. The van der Waals surface area contributed by atoms with Gasteiger partial charge in [0.05, 0.1) is 13.2 Å². The highest BCUT2D eigenvalue weighted by Gasteiger charge is 2.05. The highest BCUT2D eigenvalue weighted by molar-refractivity contribution is 14.0. The molecular weight excluding hydrogens is 503 g/mol. The lowest BCUT2D eigenvalue weighted by molar-refractivity contribution is 0.302. The SMILES string of the molecule is CCCCCCOc1cc(C)ccc1CN=C(NCC)NCCCCn1cnnc1.I. The monoisotopic (exact) mass is 542 g/mol. The smallest absolute Gasteiger partial charge is 0.191 e. The number of rotatable bonds is 14. The second-order valence-electron chi connectivity index (χ2n) is 7.55. The average Bonchev–Trinajstić information content (AvgIpc) is 3.26. The Bertz CT molecular complexity index is 736. The number of unbranched alkanes of at least 4 members (excludes halogenated alkanes) is 4. The Morgan fingerprint density at radius 1 is 1.03 bits per heavy atom. The second kappa shape index (κ2) is 16.8. The van der Waals surface area contributed by atoms with Crippen molar-refractivity contribution in [2.24, 2.45) is 4.99 Å². The van der Waals surface area contributed by atoms with E-state index in [1.54, 1.807) is 12.7 Å². The summed E-state index contributed by atoms with van der Waals surface area (Å²) in [6.07, 6.45) is 10.5. The van der Waals surface area contributed by atoms with Crippen LogP contribution in [0.25, 0.3) is 0 Å². The van der Waals surface area contributed by atoms with E-state index in [1.807, 2.05) is 4.57 Å². The van der Waals surface area contributed by atoms with Crippen molar-refractivity contribution in [1.29, 1.82) is 0 Å². The number of benzene rings is 1. The van der Waals surface area contributed by atoms with E-state index >= 15 is 0 Å². The molecule has 0 atom stereocenters. The molecule has 174 valence electrons. The van der Waals surface area contributed by atoms with Gasteiger partial charge in [-0.15, -0.1) is 34.2 Å². The zero-order chi connectivity index (χ0) is 21.4. The zero-order valence-electron chi connectivity index (χ0n) is 19.3. The van der Waals surface area contributed by atoms with Crippen LogP contribution in [0.5, 0.6) is 5.75 Å². The number of hydrogen-bond donors (Lipinski definition) is 2. The second-order valence-corrected chi connectivity index (χ2v) is 7.55. The summed E-state index contributed by atoms with van der Waals surface area (Å²) in [5.74, 6) is 1.80. The molecule has 8 heteroatoms. The minimum absolute atomic E-state index is 0. The van der Waals surface area contributed by atoms with Crippen molar-refractivity contribution in [3.05, 3.63) is 42.0 Å². The molecule has 0 saturated heterocycles. The molecule has 1 heterocycles. The molecule has 1 aromatic carbocycles. The predicted octanol–water partition coefficient (Wildman–Crippen LogP) is 4.70. The number of ether oxygens (including phenoxy) is 1. The lowest BCUT2D eigenvalue weighted by atomic mass is 10.1. The maximum Gasteiger partial charge on any atom is 0.191 e. The quantitative estimate of drug-likeness (QED) is 0.157. The van der Waals surface area contributed by atoms with E-state index in [0.29, 0.717) is 6.54 Å². The highest BCUT2D eigenvalue weighted by Crippen LogP contribution is 2.21. The maximum absolute atomic E-state index is 6.08. The van der Waals surface area contributed by atoms with Gasteiger partial charge in [-0.25, -0.2) is 4.99 Å². The molecule has 31 heavy (non-hydrogen) atoms. The van der Waals surface area contributed by atoms with Gasteiger partial charge in [-0.1, -0.05) is 38.3 Å². The molecule has 0 fully saturated rings. The van der Waals surface area contributed by atoms with Crippen LogP contribution in [0, 0.1) is 6.92 Å². The lowest BCUT2D eigenvalue weighted by Gasteiger charge is -2.14. The van der Waals surface area contributed by atoms with Gasteiger partial charge in [0.2, 0.25) is 0 Å². The van der Waals surface area contributed by atoms with Gasteiger partial charge in [-0.3, -0.25) is 0 Å². The van der Waals surface area contributed by atoms with Gasteiger partial charge in [0.15, 0.2) is 5.96 Å². The van der Waals surface area contributed by atoms with Crippen molar-refractivity contribution in [3.8, 4) is 5.75 Å². The van der Waals surface area contributed by atoms with Crippen LogP contribution in [0.4, 0.5) is 0 Å². The molecule has 0 aliphatic carbocycles. The molecule has 0 unspecified atom stereocenters. The maximum atomic E-state index is 6.08. The van der Waals surface area contributed by atoms with E-state index in [9.17, 15) is 0 Å². The fourth-order valence-corrected chi connectivity index (χ4v) is 3.11. The Balaban J connectivity index is 0.00000480. The number of nitrogens with zero attached hydrogens (tertiary/aromatic N) is 4. The van der Waals surface area contributed by atoms with E-state index in [0.717, 1.165) is 62.8 Å². The minimum atomic E-state index is 0. The van der Waals surface area contributed by atoms with Gasteiger partial charge in [-0.2, -0.15) is 0 Å². The van der Waals surface area contributed by atoms with Gasteiger partial charge in [-0.05, 0) is 44.7 Å². The van der Waals surface area contributed by atoms with E-state index in [-0.39, 0.29) is 24.0 Å². The number of guanidine groups is 1. The Labute approximate surface area is 204 Å². The number of halogens is 1. The third-order valence-electron chi connectivity index (χ3n) is 4.83. The largest absolute Gasteiger partial charge is 0.493 e. The number of aryl methyl sites for hydroxylation is 2. The standard InChI is InChI=1S/C23H38N6O.HI/c1-4-6-7-10-15-30-22-16-20(3)11-12-21(22)17-26-23(24-5-2)25-13-8-9-14-29-18-27-28-19-29;/h11-12,16,18-19H,4-10,13-15,17H2,1-3H3,(H2,24,25,26);1H. The average molecular weight is 543 g/mol. The summed E-state index contributed by atoms with van der Waals surface area (Å²) in [4.78, 5) is 4.77. The fourth-order valence-electron chi connectivity index (χ4n) is 3.11. The molecular formula is C23H39IN6O. The molecule has 0 amide bonds. The van der Waals surface area contributed by atoms with Gasteiger partial charge >= 0.3 is 0 Å². The van der Waals surface area contributed by atoms with Crippen molar-refractivity contribution >= 4 is 29.9 Å². The molecule has 0 saturated carbocycles. The summed E-state index contributed by atoms with van der Waals surface area (Å²) in [6.45, 7) is 10.4. The molecule has 0 aliphatic heterocycles. The molecule has 2 rings (SSSR count). The molecule has 0 spiro atoms. The Morgan fingerprint density at radius 3 is 2.58 bits per heavy atom. The molecule has 0 bridgehead atoms. The molecule has 0 radical (unpaired) electrons. The summed E-state index contributed by atoms with van der Waals surface area (Å²) in [7, 11) is 0. The first-order chi connectivity index (χ1) is 14.7. The summed E-state index contributed by atoms with van der Waals surface area (Å²) >= 11 is 0. The first-order valence-electron chi connectivity index (χ1n) is 11.3. The summed E-state index contributed by atoms with van der Waals surface area (Å²) in [5, 5.41) is 14.4. The van der Waals surface area contributed by atoms with Crippen molar-refractivity contribution in [1.82, 2.24) is 25.4 Å². The van der Waals surface area contributed by atoms with E-state index in [2.05, 4.69) is 59.8 Å². The first-order valence-corrected chi connectivity index (χ1v) is 11.3. The third kappa shape index (κ3) is 11.4. The molecule has 1 aromatic heterocycles. The van der Waals surface area contributed by atoms with Crippen LogP contribution in [0.1, 0.15) is 63.5 Å². The Hall–Kier alpha value is -1.84. The van der Waals surface area contributed by atoms with Crippen molar-refractivity contribution in [3.63, 3.8) is 0 Å².